The first-order valence-electron chi connectivity index (χ1n) is 7.49. The predicted molar refractivity (Wildman–Crippen MR) is 96.3 cm³/mol. The highest BCUT2D eigenvalue weighted by atomic mass is 32.2. The topological polar surface area (TPSA) is 49.4 Å². The van der Waals surface area contributed by atoms with Crippen molar-refractivity contribution in [3.8, 4) is 11.1 Å². The maximum Gasteiger partial charge on any atom is 0.174 e. The summed E-state index contributed by atoms with van der Waals surface area (Å²) in [4.78, 5) is 1.94. The molecule has 23 heavy (non-hydrogen) atoms. The molecule has 2 aliphatic heterocycles. The van der Waals surface area contributed by atoms with Gasteiger partial charge in [0.15, 0.2) is 14.9 Å². The molecule has 0 saturated carbocycles. The van der Waals surface area contributed by atoms with Crippen molar-refractivity contribution < 1.29 is 8.42 Å². The van der Waals surface area contributed by atoms with E-state index in [0.29, 0.717) is 5.11 Å². The first kappa shape index (κ1) is 14.7. The highest BCUT2D eigenvalue weighted by molar-refractivity contribution is 7.91. The van der Waals surface area contributed by atoms with E-state index < -0.39 is 9.84 Å². The number of nitrogens with zero attached hydrogens (tertiary/aromatic N) is 1. The predicted octanol–water partition coefficient (Wildman–Crippen LogP) is 2.21. The Hall–Kier alpha value is -1.92. The molecule has 0 unspecified atom stereocenters. The van der Waals surface area contributed by atoms with E-state index in [9.17, 15) is 8.42 Å². The molecule has 2 aromatic carbocycles. The van der Waals surface area contributed by atoms with E-state index in [0.717, 1.165) is 16.8 Å². The minimum atomic E-state index is -2.98. The summed E-state index contributed by atoms with van der Waals surface area (Å²) in [7, 11) is -2.98. The van der Waals surface area contributed by atoms with Crippen molar-refractivity contribution in [1.82, 2.24) is 5.32 Å². The van der Waals surface area contributed by atoms with E-state index in [2.05, 4.69) is 17.4 Å². The van der Waals surface area contributed by atoms with Gasteiger partial charge in [-0.15, -0.1) is 0 Å². The number of hydrogen-bond donors (Lipinski definition) is 1. The minimum absolute atomic E-state index is 0.0960. The second-order valence-electron chi connectivity index (χ2n) is 5.98. The number of sulfone groups is 1. The largest absolute Gasteiger partial charge is 0.356 e. The normalized spacial score (nSPS) is 25.2. The van der Waals surface area contributed by atoms with Crippen LogP contribution in [0, 0.1) is 0 Å². The van der Waals surface area contributed by atoms with E-state index in [4.69, 9.17) is 12.2 Å². The summed E-state index contributed by atoms with van der Waals surface area (Å²) in [6.07, 6.45) is 0. The molecule has 0 aromatic heterocycles. The van der Waals surface area contributed by atoms with E-state index in [1.54, 1.807) is 0 Å². The molecule has 6 heteroatoms. The molecule has 0 radical (unpaired) electrons. The quantitative estimate of drug-likeness (QED) is 0.847. The Bertz CT molecular complexity index is 848. The maximum absolute atomic E-state index is 11.9. The number of thiocarbonyl (C=S) groups is 1. The summed E-state index contributed by atoms with van der Waals surface area (Å²) in [6.45, 7) is 0. The summed E-state index contributed by atoms with van der Waals surface area (Å²) in [5, 5.41) is 3.76. The molecular formula is C17H16N2O2S2. The van der Waals surface area contributed by atoms with Crippen molar-refractivity contribution >= 4 is 32.9 Å². The maximum atomic E-state index is 11.9. The van der Waals surface area contributed by atoms with Crippen LogP contribution in [-0.4, -0.2) is 37.1 Å². The Morgan fingerprint density at radius 3 is 2.30 bits per heavy atom. The average molecular weight is 344 g/mol. The summed E-state index contributed by atoms with van der Waals surface area (Å²) < 4.78 is 23.7. The Kier molecular flexibility index (Phi) is 3.39. The highest BCUT2D eigenvalue weighted by Crippen LogP contribution is 2.31. The molecule has 4 rings (SSSR count). The molecule has 2 fully saturated rings. The zero-order chi connectivity index (χ0) is 16.0. The van der Waals surface area contributed by atoms with Crippen molar-refractivity contribution in [2.24, 2.45) is 0 Å². The van der Waals surface area contributed by atoms with E-state index in [1.807, 2.05) is 47.4 Å². The summed E-state index contributed by atoms with van der Waals surface area (Å²) in [6, 6.07) is 18.0. The van der Waals surface area contributed by atoms with Crippen LogP contribution < -0.4 is 10.2 Å². The third kappa shape index (κ3) is 2.62. The smallest absolute Gasteiger partial charge is 0.174 e. The highest BCUT2D eigenvalue weighted by Gasteiger charge is 2.47. The molecule has 2 saturated heterocycles. The molecule has 2 aliphatic rings. The number of fused-ring (bicyclic) bond motifs is 1. The van der Waals surface area contributed by atoms with Gasteiger partial charge in [0.25, 0.3) is 0 Å². The monoisotopic (exact) mass is 344 g/mol. The fraction of sp³-hybridized carbons (Fsp3) is 0.235. The molecule has 118 valence electrons. The van der Waals surface area contributed by atoms with Gasteiger partial charge in [-0.05, 0) is 35.5 Å². The van der Waals surface area contributed by atoms with E-state index in [1.165, 1.54) is 0 Å². The molecule has 0 amide bonds. The van der Waals surface area contributed by atoms with Gasteiger partial charge in [-0.2, -0.15) is 0 Å². The molecule has 2 aromatic rings. The van der Waals surface area contributed by atoms with Gasteiger partial charge in [-0.1, -0.05) is 42.5 Å². The molecule has 0 bridgehead atoms. The van der Waals surface area contributed by atoms with Gasteiger partial charge < -0.3 is 10.2 Å². The lowest BCUT2D eigenvalue weighted by molar-refractivity contribution is 0.600. The molecule has 2 heterocycles. The lowest BCUT2D eigenvalue weighted by Crippen LogP contribution is -2.36. The number of anilines is 1. The Balaban J connectivity index is 1.64. The summed E-state index contributed by atoms with van der Waals surface area (Å²) >= 11 is 5.40. The van der Waals surface area contributed by atoms with Crippen LogP contribution >= 0.6 is 12.2 Å². The van der Waals surface area contributed by atoms with Crippen molar-refractivity contribution in [2.75, 3.05) is 16.4 Å². The lowest BCUT2D eigenvalue weighted by Gasteiger charge is -2.23. The van der Waals surface area contributed by atoms with Crippen LogP contribution in [0.5, 0.6) is 0 Å². The van der Waals surface area contributed by atoms with Crippen LogP contribution in [0.15, 0.2) is 54.6 Å². The Morgan fingerprint density at radius 1 is 0.957 bits per heavy atom. The van der Waals surface area contributed by atoms with Crippen molar-refractivity contribution in [1.29, 1.82) is 0 Å². The second kappa shape index (κ2) is 5.32. The first-order chi connectivity index (χ1) is 11.0. The fourth-order valence-electron chi connectivity index (χ4n) is 3.35. The summed E-state index contributed by atoms with van der Waals surface area (Å²) in [5.41, 5.74) is 3.22. The number of hydrogen-bond acceptors (Lipinski definition) is 3. The van der Waals surface area contributed by atoms with Gasteiger partial charge in [0.1, 0.15) is 0 Å². The zero-order valence-electron chi connectivity index (χ0n) is 12.3. The van der Waals surface area contributed by atoms with Crippen LogP contribution in [0.3, 0.4) is 0 Å². The van der Waals surface area contributed by atoms with Crippen LogP contribution in [0.4, 0.5) is 5.69 Å². The molecular weight excluding hydrogens is 328 g/mol. The zero-order valence-corrected chi connectivity index (χ0v) is 14.0. The molecule has 4 nitrogen and oxygen atoms in total. The van der Waals surface area contributed by atoms with Gasteiger partial charge in [-0.25, -0.2) is 8.42 Å². The summed E-state index contributed by atoms with van der Waals surface area (Å²) in [5.74, 6) is 0.321. The average Bonchev–Trinajstić information content (AvgIpc) is 2.98. The van der Waals surface area contributed by atoms with E-state index >= 15 is 0 Å². The lowest BCUT2D eigenvalue weighted by atomic mass is 10.0. The van der Waals surface area contributed by atoms with Crippen LogP contribution in [0.25, 0.3) is 11.1 Å². The van der Waals surface area contributed by atoms with Crippen LogP contribution in [0.2, 0.25) is 0 Å². The molecule has 1 N–H and O–H groups in total. The fourth-order valence-corrected chi connectivity index (χ4v) is 5.64. The van der Waals surface area contributed by atoms with Gasteiger partial charge >= 0.3 is 0 Å². The molecule has 0 spiro atoms. The Labute approximate surface area is 141 Å². The van der Waals surface area contributed by atoms with Crippen molar-refractivity contribution in [3.63, 3.8) is 0 Å². The Morgan fingerprint density at radius 2 is 1.61 bits per heavy atom. The van der Waals surface area contributed by atoms with Gasteiger partial charge in [0, 0.05) is 5.69 Å². The van der Waals surface area contributed by atoms with Crippen molar-refractivity contribution in [2.45, 2.75) is 12.1 Å². The standard InChI is InChI=1S/C17H16N2O2S2/c20-23(21)10-15-16(11-23)19(17(22)18-15)14-8-6-13(7-9-14)12-4-2-1-3-5-12/h1-9,15-16H,10-11H2,(H,18,22)/t15-,16-/m0/s1. The number of rotatable bonds is 2. The van der Waals surface area contributed by atoms with Crippen LogP contribution in [-0.2, 0) is 9.84 Å². The molecule has 2 atom stereocenters. The minimum Gasteiger partial charge on any atom is -0.356 e. The SMILES string of the molecule is O=S1(=O)C[C@@H]2NC(=S)N(c3ccc(-c4ccccc4)cc3)[C@H]2C1. The third-order valence-electron chi connectivity index (χ3n) is 4.43. The number of benzene rings is 2. The van der Waals surface area contributed by atoms with Gasteiger partial charge in [0.05, 0.1) is 23.6 Å². The molecule has 0 aliphatic carbocycles. The first-order valence-corrected chi connectivity index (χ1v) is 9.72. The number of nitrogens with one attached hydrogen (secondary N) is 1. The third-order valence-corrected chi connectivity index (χ3v) is 6.47. The van der Waals surface area contributed by atoms with E-state index in [-0.39, 0.29) is 23.6 Å². The van der Waals surface area contributed by atoms with Crippen LogP contribution in [0.1, 0.15) is 0 Å². The second-order valence-corrected chi connectivity index (χ2v) is 8.52. The van der Waals surface area contributed by atoms with Crippen molar-refractivity contribution in [3.05, 3.63) is 54.6 Å². The van der Waals surface area contributed by atoms with Gasteiger partial charge in [-0.3, -0.25) is 0 Å². The van der Waals surface area contributed by atoms with Gasteiger partial charge in [0.2, 0.25) is 0 Å².